The molecule has 2 atom stereocenters. The molecule has 2 rings (SSSR count). The van der Waals surface area contributed by atoms with Crippen LogP contribution in [0, 0.1) is 5.95 Å². The van der Waals surface area contributed by atoms with E-state index in [1.54, 1.807) is 20.8 Å². The van der Waals surface area contributed by atoms with Gasteiger partial charge in [0.1, 0.15) is 5.60 Å². The van der Waals surface area contributed by atoms with Crippen molar-refractivity contribution < 1.29 is 28.6 Å². The first-order valence-corrected chi connectivity index (χ1v) is 7.14. The molecule has 0 spiro atoms. The number of aromatic nitrogens is 1. The summed E-state index contributed by atoms with van der Waals surface area (Å²) in [6.07, 6.45) is -1.91. The average molecular weight is 326 g/mol. The number of aliphatic hydroxyl groups is 1. The van der Waals surface area contributed by atoms with Crippen molar-refractivity contribution in [2.45, 2.75) is 38.6 Å². The summed E-state index contributed by atoms with van der Waals surface area (Å²) in [5.41, 5.74) is -0.433. The number of rotatable bonds is 3. The van der Waals surface area contributed by atoms with Crippen LogP contribution in [0.5, 0.6) is 0 Å². The molecule has 1 aliphatic heterocycles. The number of anilines is 1. The van der Waals surface area contributed by atoms with Crippen molar-refractivity contribution in [1.82, 2.24) is 4.98 Å². The number of hydrogen-bond donors (Lipinski definition) is 1. The summed E-state index contributed by atoms with van der Waals surface area (Å²) in [5, 5.41) is 10.1. The second kappa shape index (κ2) is 6.59. The van der Waals surface area contributed by atoms with Gasteiger partial charge in [-0.2, -0.15) is 4.39 Å². The predicted octanol–water partition coefficient (Wildman–Crippen LogP) is 0.655. The number of halogens is 1. The fourth-order valence-corrected chi connectivity index (χ4v) is 2.10. The lowest BCUT2D eigenvalue weighted by molar-refractivity contribution is -0.177. The predicted molar refractivity (Wildman–Crippen MR) is 78.1 cm³/mol. The number of pyridine rings is 1. The van der Waals surface area contributed by atoms with Crippen molar-refractivity contribution in [3.05, 3.63) is 24.3 Å². The summed E-state index contributed by atoms with van der Waals surface area (Å²) in [5.74, 6) is -2.21. The van der Waals surface area contributed by atoms with Crippen LogP contribution in [-0.2, 0) is 19.1 Å². The van der Waals surface area contributed by atoms with E-state index in [0.717, 1.165) is 6.07 Å². The molecule has 1 saturated heterocycles. The summed E-state index contributed by atoms with van der Waals surface area (Å²) >= 11 is 0. The van der Waals surface area contributed by atoms with Crippen LogP contribution in [0.2, 0.25) is 0 Å². The van der Waals surface area contributed by atoms with Gasteiger partial charge in [0.25, 0.3) is 5.91 Å². The zero-order chi connectivity index (χ0) is 17.2. The van der Waals surface area contributed by atoms with Gasteiger partial charge in [-0.25, -0.2) is 9.78 Å². The normalized spacial score (nSPS) is 20.3. The zero-order valence-electron chi connectivity index (χ0n) is 13.2. The van der Waals surface area contributed by atoms with Gasteiger partial charge in [-0.05, 0) is 32.9 Å². The number of esters is 1. The van der Waals surface area contributed by atoms with Crippen molar-refractivity contribution in [1.29, 1.82) is 0 Å². The molecule has 1 aromatic rings. The Hall–Kier alpha value is -2.06. The maximum absolute atomic E-state index is 12.9. The maximum Gasteiger partial charge on any atom is 0.338 e. The monoisotopic (exact) mass is 326 g/mol. The van der Waals surface area contributed by atoms with Crippen LogP contribution in [0.15, 0.2) is 18.3 Å². The Morgan fingerprint density at radius 2 is 2.22 bits per heavy atom. The second-order valence-electron chi connectivity index (χ2n) is 6.10. The Labute approximate surface area is 133 Å². The van der Waals surface area contributed by atoms with E-state index >= 15 is 0 Å². The summed E-state index contributed by atoms with van der Waals surface area (Å²) in [6, 6.07) is 2.51. The summed E-state index contributed by atoms with van der Waals surface area (Å²) in [4.78, 5) is 29.1. The van der Waals surface area contributed by atoms with E-state index in [2.05, 4.69) is 4.98 Å². The lowest BCUT2D eigenvalue weighted by atomic mass is 10.1. The van der Waals surface area contributed by atoms with Gasteiger partial charge in [0.2, 0.25) is 5.95 Å². The van der Waals surface area contributed by atoms with Crippen molar-refractivity contribution >= 4 is 17.6 Å². The van der Waals surface area contributed by atoms with Crippen LogP contribution in [0.1, 0.15) is 20.8 Å². The van der Waals surface area contributed by atoms with Gasteiger partial charge in [0, 0.05) is 6.54 Å². The zero-order valence-corrected chi connectivity index (χ0v) is 13.2. The van der Waals surface area contributed by atoms with Crippen LogP contribution in [0.4, 0.5) is 10.1 Å². The molecule has 2 heterocycles. The van der Waals surface area contributed by atoms with Crippen molar-refractivity contribution in [3.8, 4) is 0 Å². The Bertz CT molecular complexity index is 585. The number of carbonyl (C=O) groups is 2. The molecule has 0 radical (unpaired) electrons. The number of aliphatic hydroxyl groups excluding tert-OH is 1. The Morgan fingerprint density at radius 3 is 2.78 bits per heavy atom. The van der Waals surface area contributed by atoms with Crippen LogP contribution in [0.25, 0.3) is 0 Å². The van der Waals surface area contributed by atoms with Crippen LogP contribution in [0.3, 0.4) is 0 Å². The highest BCUT2D eigenvalue weighted by Crippen LogP contribution is 2.21. The standard InChI is InChI=1S/C15H19FN2O5/c1-15(2,3)23-14(21)11(19)12-13(20)18(6-7-22-12)9-4-5-10(16)17-8-9/h4-5,8,11-12,19H,6-7H2,1-3H3. The Morgan fingerprint density at radius 1 is 1.52 bits per heavy atom. The van der Waals surface area contributed by atoms with Gasteiger partial charge >= 0.3 is 5.97 Å². The maximum atomic E-state index is 12.9. The molecule has 23 heavy (non-hydrogen) atoms. The lowest BCUT2D eigenvalue weighted by Gasteiger charge is -2.34. The number of hydrogen-bond acceptors (Lipinski definition) is 6. The SMILES string of the molecule is CC(C)(C)OC(=O)C(O)C1OCCN(c2ccc(F)nc2)C1=O. The largest absolute Gasteiger partial charge is 0.458 e. The molecular weight excluding hydrogens is 307 g/mol. The fraction of sp³-hybridized carbons (Fsp3) is 0.533. The third-order valence-electron chi connectivity index (χ3n) is 3.08. The van der Waals surface area contributed by atoms with E-state index in [4.69, 9.17) is 9.47 Å². The molecule has 0 bridgehead atoms. The minimum atomic E-state index is -1.74. The minimum Gasteiger partial charge on any atom is -0.458 e. The first kappa shape index (κ1) is 17.3. The summed E-state index contributed by atoms with van der Waals surface area (Å²) in [7, 11) is 0. The smallest absolute Gasteiger partial charge is 0.338 e. The molecule has 2 unspecified atom stereocenters. The third-order valence-corrected chi connectivity index (χ3v) is 3.08. The van der Waals surface area contributed by atoms with E-state index in [1.165, 1.54) is 17.2 Å². The molecule has 1 aliphatic rings. The molecule has 126 valence electrons. The second-order valence-corrected chi connectivity index (χ2v) is 6.10. The Balaban J connectivity index is 2.13. The molecule has 1 fully saturated rings. The van der Waals surface area contributed by atoms with Gasteiger partial charge in [-0.1, -0.05) is 0 Å². The third kappa shape index (κ3) is 4.23. The number of amides is 1. The van der Waals surface area contributed by atoms with Crippen LogP contribution >= 0.6 is 0 Å². The molecular formula is C15H19FN2O5. The van der Waals surface area contributed by atoms with Gasteiger partial charge in [-0.15, -0.1) is 0 Å². The summed E-state index contributed by atoms with van der Waals surface area (Å²) in [6.45, 7) is 5.28. The quantitative estimate of drug-likeness (QED) is 0.648. The molecule has 8 heteroatoms. The lowest BCUT2D eigenvalue weighted by Crippen LogP contribution is -2.55. The van der Waals surface area contributed by atoms with Gasteiger partial charge in [-0.3, -0.25) is 4.79 Å². The van der Waals surface area contributed by atoms with Crippen molar-refractivity contribution in [2.24, 2.45) is 0 Å². The van der Waals surface area contributed by atoms with Gasteiger partial charge < -0.3 is 19.5 Å². The molecule has 1 amide bonds. The van der Waals surface area contributed by atoms with E-state index in [-0.39, 0.29) is 13.2 Å². The number of ether oxygens (including phenoxy) is 2. The van der Waals surface area contributed by atoms with Gasteiger partial charge in [0.15, 0.2) is 12.2 Å². The molecule has 0 aliphatic carbocycles. The van der Waals surface area contributed by atoms with E-state index in [1.807, 2.05) is 0 Å². The highest BCUT2D eigenvalue weighted by molar-refractivity contribution is 6.00. The molecule has 1 aromatic heterocycles. The molecule has 0 aromatic carbocycles. The molecule has 0 saturated carbocycles. The van der Waals surface area contributed by atoms with Crippen molar-refractivity contribution in [2.75, 3.05) is 18.1 Å². The first-order valence-electron chi connectivity index (χ1n) is 7.14. The highest BCUT2D eigenvalue weighted by Gasteiger charge is 2.41. The Kier molecular flexibility index (Phi) is 4.96. The van der Waals surface area contributed by atoms with Crippen LogP contribution < -0.4 is 4.90 Å². The number of carbonyl (C=O) groups excluding carboxylic acids is 2. The van der Waals surface area contributed by atoms with E-state index in [9.17, 15) is 19.1 Å². The number of morpholine rings is 1. The first-order chi connectivity index (χ1) is 10.7. The average Bonchev–Trinajstić information content (AvgIpc) is 2.46. The molecule has 1 N–H and O–H groups in total. The molecule has 7 nitrogen and oxygen atoms in total. The fourth-order valence-electron chi connectivity index (χ4n) is 2.10. The van der Waals surface area contributed by atoms with E-state index in [0.29, 0.717) is 5.69 Å². The number of nitrogens with zero attached hydrogens (tertiary/aromatic N) is 2. The minimum absolute atomic E-state index is 0.119. The summed E-state index contributed by atoms with van der Waals surface area (Å²) < 4.78 is 23.2. The highest BCUT2D eigenvalue weighted by atomic mass is 19.1. The van der Waals surface area contributed by atoms with E-state index < -0.39 is 35.6 Å². The van der Waals surface area contributed by atoms with Crippen LogP contribution in [-0.4, -0.2) is 52.9 Å². The topological polar surface area (TPSA) is 89.0 Å². The van der Waals surface area contributed by atoms with Gasteiger partial charge in [0.05, 0.1) is 18.5 Å². The van der Waals surface area contributed by atoms with Crippen molar-refractivity contribution in [3.63, 3.8) is 0 Å².